The maximum absolute atomic E-state index is 9.37. The van der Waals surface area contributed by atoms with E-state index in [0.29, 0.717) is 27.5 Å². The molecule has 0 spiro atoms. The first-order chi connectivity index (χ1) is 26.1. The smallest absolute Gasteiger partial charge is 0.136 e. The van der Waals surface area contributed by atoms with Crippen LogP contribution in [0.5, 0.6) is 0 Å². The molecule has 0 aliphatic carbocycles. The van der Waals surface area contributed by atoms with Crippen molar-refractivity contribution in [1.82, 2.24) is 0 Å². The summed E-state index contributed by atoms with van der Waals surface area (Å²) in [7, 11) is 0. The molecule has 40 heavy (non-hydrogen) atoms. The second-order valence-corrected chi connectivity index (χ2v) is 9.34. The Morgan fingerprint density at radius 2 is 1.12 bits per heavy atom. The predicted molar refractivity (Wildman–Crippen MR) is 167 cm³/mol. The molecule has 0 bridgehead atoms. The third-order valence-electron chi connectivity index (χ3n) is 7.28. The van der Waals surface area contributed by atoms with Crippen LogP contribution in [0.1, 0.15) is 20.6 Å². The van der Waals surface area contributed by atoms with Crippen LogP contribution in [0.4, 0.5) is 0 Å². The lowest BCUT2D eigenvalue weighted by atomic mass is 9.84. The van der Waals surface area contributed by atoms with E-state index in [2.05, 4.69) is 0 Å². The molecule has 2 heterocycles. The van der Waals surface area contributed by atoms with Crippen molar-refractivity contribution in [2.75, 3.05) is 0 Å². The molecule has 2 aromatic heterocycles. The number of fused-ring (bicyclic) bond motifs is 7. The summed E-state index contributed by atoms with van der Waals surface area (Å²) in [6.45, 7) is 0. The van der Waals surface area contributed by atoms with Gasteiger partial charge in [-0.25, -0.2) is 0 Å². The first-order valence-corrected chi connectivity index (χ1v) is 12.4. The SMILES string of the molecule is [2H]c1c([2H])c([2H])c2c(-c3c4c([2H])c([2H])c([2H])c([2H])c4c(-c4cccc5oc6cc7ccoc7cc6c45)c4c([2H])c([2H])c([2H])c([2H])c34)c([2H])c([2H])c([2H])c2c1[2H]. The summed E-state index contributed by atoms with van der Waals surface area (Å²) in [5.41, 5.74) is 0.758. The third-order valence-corrected chi connectivity index (χ3v) is 7.28. The van der Waals surface area contributed by atoms with Crippen LogP contribution < -0.4 is 0 Å². The molecule has 186 valence electrons. The molecule has 9 aromatic rings. The van der Waals surface area contributed by atoms with Gasteiger partial charge in [0.15, 0.2) is 0 Å². The van der Waals surface area contributed by atoms with E-state index in [1.807, 2.05) is 0 Å². The fraction of sp³-hybridized carbons (Fsp3) is 0. The van der Waals surface area contributed by atoms with E-state index in [9.17, 15) is 6.85 Å². The topological polar surface area (TPSA) is 26.3 Å². The van der Waals surface area contributed by atoms with Crippen molar-refractivity contribution in [2.45, 2.75) is 0 Å². The van der Waals surface area contributed by atoms with Crippen LogP contribution in [0.2, 0.25) is 0 Å². The van der Waals surface area contributed by atoms with Crippen LogP contribution in [0.15, 0.2) is 142 Å². The van der Waals surface area contributed by atoms with Crippen molar-refractivity contribution in [3.63, 3.8) is 0 Å². The molecule has 0 unspecified atom stereocenters. The highest BCUT2D eigenvalue weighted by Crippen LogP contribution is 2.48. The largest absolute Gasteiger partial charge is 0.464 e. The molecule has 0 saturated heterocycles. The fourth-order valence-electron chi connectivity index (χ4n) is 5.63. The molecule has 2 heteroatoms. The first kappa shape index (κ1) is 11.8. The van der Waals surface area contributed by atoms with E-state index in [4.69, 9.17) is 22.5 Å². The van der Waals surface area contributed by atoms with Gasteiger partial charge in [-0.3, -0.25) is 0 Å². The third kappa shape index (κ3) is 2.93. The van der Waals surface area contributed by atoms with Crippen LogP contribution in [0.3, 0.4) is 0 Å². The zero-order valence-corrected chi connectivity index (χ0v) is 20.4. The number of hydrogen-bond donors (Lipinski definition) is 0. The van der Waals surface area contributed by atoms with Crippen LogP contribution in [-0.4, -0.2) is 0 Å². The summed E-state index contributed by atoms with van der Waals surface area (Å²) in [5.74, 6) is 0. The van der Waals surface area contributed by atoms with Gasteiger partial charge in [0.2, 0.25) is 0 Å². The van der Waals surface area contributed by atoms with E-state index < -0.39 is 107 Å². The molecule has 2 nitrogen and oxygen atoms in total. The second-order valence-electron chi connectivity index (χ2n) is 9.34. The molecule has 0 aliphatic rings. The number of rotatable bonds is 2. The van der Waals surface area contributed by atoms with Gasteiger partial charge < -0.3 is 8.83 Å². The summed E-state index contributed by atoms with van der Waals surface area (Å²) >= 11 is 0. The van der Waals surface area contributed by atoms with Gasteiger partial charge in [0, 0.05) is 16.2 Å². The van der Waals surface area contributed by atoms with Crippen molar-refractivity contribution < 1.29 is 29.4 Å². The average Bonchev–Trinajstić information content (AvgIpc) is 3.79. The molecule has 0 saturated carbocycles. The van der Waals surface area contributed by atoms with Crippen molar-refractivity contribution >= 4 is 65.2 Å². The molecule has 0 radical (unpaired) electrons. The highest BCUT2D eigenvalue weighted by Gasteiger charge is 2.21. The first-order valence-electron chi connectivity index (χ1n) is 19.9. The van der Waals surface area contributed by atoms with Gasteiger partial charge in [0.1, 0.15) is 16.7 Å². The Morgan fingerprint density at radius 1 is 0.475 bits per heavy atom. The zero-order chi connectivity index (χ0) is 39.3. The van der Waals surface area contributed by atoms with E-state index >= 15 is 0 Å². The Labute approximate surface area is 250 Å². The van der Waals surface area contributed by atoms with Gasteiger partial charge in [0.25, 0.3) is 0 Å². The number of benzene rings is 7. The maximum atomic E-state index is 9.37. The van der Waals surface area contributed by atoms with Crippen molar-refractivity contribution in [3.8, 4) is 22.3 Å². The molecule has 7 aromatic carbocycles. The Kier molecular flexibility index (Phi) is 2.39. The van der Waals surface area contributed by atoms with Crippen molar-refractivity contribution in [1.29, 1.82) is 0 Å². The Bertz CT molecular complexity index is 3180. The van der Waals surface area contributed by atoms with Gasteiger partial charge >= 0.3 is 0 Å². The van der Waals surface area contributed by atoms with Crippen molar-refractivity contribution in [2.24, 2.45) is 0 Å². The van der Waals surface area contributed by atoms with Gasteiger partial charge in [0.05, 0.1) is 26.8 Å². The van der Waals surface area contributed by atoms with E-state index in [1.165, 1.54) is 6.26 Å². The molecule has 0 atom stereocenters. The predicted octanol–water partition coefficient (Wildman–Crippen LogP) is 11.1. The van der Waals surface area contributed by atoms with Gasteiger partial charge in [-0.2, -0.15) is 0 Å². The highest BCUT2D eigenvalue weighted by atomic mass is 16.3. The van der Waals surface area contributed by atoms with Gasteiger partial charge in [-0.15, -0.1) is 0 Å². The van der Waals surface area contributed by atoms with E-state index in [1.54, 1.807) is 36.4 Å². The Morgan fingerprint density at radius 3 is 1.88 bits per heavy atom. The minimum atomic E-state index is -0.765. The Balaban J connectivity index is 1.65. The van der Waals surface area contributed by atoms with Crippen LogP contribution in [0, 0.1) is 0 Å². The number of furan rings is 2. The van der Waals surface area contributed by atoms with Crippen molar-refractivity contribution in [3.05, 3.63) is 133 Å². The molecule has 0 N–H and O–H groups in total. The summed E-state index contributed by atoms with van der Waals surface area (Å²) in [4.78, 5) is 0. The summed E-state index contributed by atoms with van der Waals surface area (Å²) < 4.78 is 146. The lowest BCUT2D eigenvalue weighted by molar-refractivity contribution is 0.616. The second kappa shape index (κ2) is 8.08. The molecular weight excluding hydrogens is 488 g/mol. The monoisotopic (exact) mass is 525 g/mol. The minimum Gasteiger partial charge on any atom is -0.464 e. The fourth-order valence-corrected chi connectivity index (χ4v) is 5.63. The molecular formula is C38H22O2. The van der Waals surface area contributed by atoms with E-state index in [-0.39, 0.29) is 38.2 Å². The Hall–Kier alpha value is -5.34. The normalized spacial score (nSPS) is 17.2. The van der Waals surface area contributed by atoms with Crippen LogP contribution >= 0.6 is 0 Å². The lowest BCUT2D eigenvalue weighted by Gasteiger charge is -2.19. The van der Waals surface area contributed by atoms with Gasteiger partial charge in [-0.1, -0.05) is 103 Å². The maximum Gasteiger partial charge on any atom is 0.136 e. The van der Waals surface area contributed by atoms with Gasteiger partial charge in [-0.05, 0) is 78.8 Å². The summed E-state index contributed by atoms with van der Waals surface area (Å²) in [6, 6.07) is -0.139. The molecule has 0 aliphatic heterocycles. The lowest BCUT2D eigenvalue weighted by Crippen LogP contribution is -1.92. The summed E-state index contributed by atoms with van der Waals surface area (Å²) in [5, 5.41) is -0.194. The number of hydrogen-bond acceptors (Lipinski definition) is 2. The average molecular weight is 526 g/mol. The van der Waals surface area contributed by atoms with Crippen LogP contribution in [0.25, 0.3) is 87.5 Å². The van der Waals surface area contributed by atoms with Crippen LogP contribution in [-0.2, 0) is 0 Å². The summed E-state index contributed by atoms with van der Waals surface area (Å²) in [6.07, 6.45) is 1.51. The highest BCUT2D eigenvalue weighted by molar-refractivity contribution is 6.27. The quantitative estimate of drug-likeness (QED) is 0.210. The minimum absolute atomic E-state index is 0.0125. The molecule has 9 rings (SSSR count). The molecule has 0 fully saturated rings. The standard InChI is InChI=1S/C38H22O2/c1-2-11-25-23(9-1)10-7-16-26(25)36-27-12-3-5-14-29(27)37(30-15-6-4-13-28(30)36)31-17-8-18-33-38(31)32-22-34-24(19-20-39-34)21-35(32)40-33/h1-22H/i1D,2D,3D,4D,5D,6D,7D,9D,10D,11D,12D,13D,14D,15D,16D. The molecule has 0 amide bonds. The van der Waals surface area contributed by atoms with E-state index in [0.717, 1.165) is 5.39 Å². The zero-order valence-electron chi connectivity index (χ0n) is 35.4.